The summed E-state index contributed by atoms with van der Waals surface area (Å²) in [5.74, 6) is -5.08. The molecule has 0 saturated heterocycles. The number of fused-ring (bicyclic) bond motifs is 1. The highest BCUT2D eigenvalue weighted by molar-refractivity contribution is 7.94. The van der Waals surface area contributed by atoms with Crippen molar-refractivity contribution in [3.63, 3.8) is 0 Å². The van der Waals surface area contributed by atoms with E-state index in [-0.39, 0.29) is 11.5 Å². The second-order valence-electron chi connectivity index (χ2n) is 10.2. The van der Waals surface area contributed by atoms with Gasteiger partial charge in [0.05, 0.1) is 7.11 Å². The number of ketones is 1. The number of hydrogen-bond acceptors (Lipinski definition) is 9. The molecule has 0 fully saturated rings. The van der Waals surface area contributed by atoms with Crippen LogP contribution in [0.4, 0.5) is 11.4 Å². The van der Waals surface area contributed by atoms with E-state index in [0.717, 1.165) is 12.7 Å². The molecule has 2 unspecified atom stereocenters. The monoisotopic (exact) mass is 626 g/mol. The molecule has 0 bridgehead atoms. The molecular weight excluding hydrogens is 596 g/mol. The summed E-state index contributed by atoms with van der Waals surface area (Å²) in [4.78, 5) is 52.1. The summed E-state index contributed by atoms with van der Waals surface area (Å²) in [6.07, 6.45) is 0.0465. The smallest absolute Gasteiger partial charge is 0.333 e. The Morgan fingerprint density at radius 2 is 1.74 bits per heavy atom. The van der Waals surface area contributed by atoms with Crippen LogP contribution >= 0.6 is 11.6 Å². The van der Waals surface area contributed by atoms with Crippen molar-refractivity contribution >= 4 is 56.4 Å². The number of Topliss-reactive ketones (excluding diaryl/α,β-unsaturated/α-hetero) is 1. The van der Waals surface area contributed by atoms with Crippen molar-refractivity contribution in [2.45, 2.75) is 38.0 Å². The van der Waals surface area contributed by atoms with Crippen LogP contribution < -0.4 is 10.6 Å². The van der Waals surface area contributed by atoms with Gasteiger partial charge < -0.3 is 20.1 Å². The first-order valence-corrected chi connectivity index (χ1v) is 15.5. The molecule has 12 heteroatoms. The van der Waals surface area contributed by atoms with Crippen LogP contribution in [0.3, 0.4) is 0 Å². The SMILES string of the molecule is COC(=O)CS(=O)(=O)C(C(=O)OC1CCCNc2ccc(Cl)cc21)C(=O)c1ccc(NC(=O)c2ccccc2C)cc1C. The Hall–Kier alpha value is -4.22. The number of sulfone groups is 1. The van der Waals surface area contributed by atoms with Crippen LogP contribution in [0, 0.1) is 13.8 Å². The van der Waals surface area contributed by atoms with Gasteiger partial charge in [0.15, 0.2) is 15.6 Å². The number of amides is 1. The summed E-state index contributed by atoms with van der Waals surface area (Å²) < 4.78 is 36.9. The van der Waals surface area contributed by atoms with Crippen molar-refractivity contribution in [3.05, 3.63) is 93.5 Å². The molecule has 1 aliphatic rings. The topological polar surface area (TPSA) is 145 Å². The lowest BCUT2D eigenvalue weighted by atomic mass is 10.0. The molecular formula is C31H31ClN2O8S. The van der Waals surface area contributed by atoms with Gasteiger partial charge in [-0.15, -0.1) is 0 Å². The van der Waals surface area contributed by atoms with Crippen molar-refractivity contribution in [2.24, 2.45) is 0 Å². The Morgan fingerprint density at radius 1 is 1.00 bits per heavy atom. The van der Waals surface area contributed by atoms with Crippen LogP contribution in [-0.4, -0.2) is 56.7 Å². The van der Waals surface area contributed by atoms with E-state index < -0.39 is 44.7 Å². The van der Waals surface area contributed by atoms with Crippen LogP contribution in [0.1, 0.15) is 56.4 Å². The predicted octanol–water partition coefficient (Wildman–Crippen LogP) is 4.84. The molecule has 43 heavy (non-hydrogen) atoms. The lowest BCUT2D eigenvalue weighted by Crippen LogP contribution is -2.43. The number of esters is 2. The van der Waals surface area contributed by atoms with Gasteiger partial charge in [0.2, 0.25) is 5.25 Å². The van der Waals surface area contributed by atoms with E-state index in [0.29, 0.717) is 52.5 Å². The highest BCUT2D eigenvalue weighted by atomic mass is 35.5. The summed E-state index contributed by atoms with van der Waals surface area (Å²) in [6.45, 7) is 3.92. The number of anilines is 2. The summed E-state index contributed by atoms with van der Waals surface area (Å²) >= 11 is 6.18. The first kappa shape index (κ1) is 31.7. The van der Waals surface area contributed by atoms with E-state index in [9.17, 15) is 27.6 Å². The zero-order chi connectivity index (χ0) is 31.3. The Bertz CT molecular complexity index is 1690. The number of carbonyl (C=O) groups is 4. The molecule has 0 radical (unpaired) electrons. The molecule has 1 aliphatic heterocycles. The van der Waals surface area contributed by atoms with Gasteiger partial charge in [0.25, 0.3) is 5.91 Å². The van der Waals surface area contributed by atoms with Crippen molar-refractivity contribution in [3.8, 4) is 0 Å². The number of methoxy groups -OCH3 is 1. The van der Waals surface area contributed by atoms with Crippen LogP contribution in [0.25, 0.3) is 0 Å². The van der Waals surface area contributed by atoms with Crippen molar-refractivity contribution in [2.75, 3.05) is 30.0 Å². The van der Waals surface area contributed by atoms with Gasteiger partial charge in [-0.1, -0.05) is 29.8 Å². The van der Waals surface area contributed by atoms with E-state index in [1.54, 1.807) is 50.2 Å². The van der Waals surface area contributed by atoms with Crippen molar-refractivity contribution in [1.82, 2.24) is 0 Å². The lowest BCUT2D eigenvalue weighted by molar-refractivity contribution is -0.148. The summed E-state index contributed by atoms with van der Waals surface area (Å²) in [5.41, 5.74) is 3.02. The second-order valence-corrected chi connectivity index (χ2v) is 12.7. The first-order valence-electron chi connectivity index (χ1n) is 13.5. The molecule has 2 N–H and O–H groups in total. The number of nitrogens with one attached hydrogen (secondary N) is 2. The van der Waals surface area contributed by atoms with Crippen LogP contribution in [-0.2, 0) is 28.9 Å². The molecule has 226 valence electrons. The highest BCUT2D eigenvalue weighted by Crippen LogP contribution is 2.35. The number of halogens is 1. The maximum absolute atomic E-state index is 13.8. The largest absolute Gasteiger partial charge is 0.468 e. The Balaban J connectivity index is 1.65. The maximum Gasteiger partial charge on any atom is 0.333 e. The van der Waals surface area contributed by atoms with Crippen LogP contribution in [0.5, 0.6) is 0 Å². The predicted molar refractivity (Wildman–Crippen MR) is 162 cm³/mol. The third kappa shape index (κ3) is 7.41. The molecule has 2 atom stereocenters. The van der Waals surface area contributed by atoms with E-state index in [1.165, 1.54) is 18.2 Å². The molecule has 1 heterocycles. The van der Waals surface area contributed by atoms with E-state index in [1.807, 2.05) is 6.07 Å². The lowest BCUT2D eigenvalue weighted by Gasteiger charge is -2.22. The number of aryl methyl sites for hydroxylation is 2. The van der Waals surface area contributed by atoms with Gasteiger partial charge in [-0.05, 0) is 80.3 Å². The van der Waals surface area contributed by atoms with Crippen LogP contribution in [0.15, 0.2) is 60.7 Å². The Kier molecular flexibility index (Phi) is 9.87. The van der Waals surface area contributed by atoms with Gasteiger partial charge >= 0.3 is 11.9 Å². The molecule has 3 aromatic rings. The molecule has 0 aromatic heterocycles. The minimum Gasteiger partial charge on any atom is -0.468 e. The average molecular weight is 627 g/mol. The fourth-order valence-corrected chi connectivity index (χ4v) is 6.46. The maximum atomic E-state index is 13.8. The van der Waals surface area contributed by atoms with Gasteiger partial charge in [-0.25, -0.2) is 8.42 Å². The fourth-order valence-electron chi connectivity index (χ4n) is 4.86. The minimum absolute atomic E-state index is 0.0877. The molecule has 1 amide bonds. The zero-order valence-electron chi connectivity index (χ0n) is 23.8. The standard InChI is InChI=1S/C31H31ClN2O8S/c1-18-7-4-5-8-23(18)30(37)34-21-11-12-22(19(2)15-21)28(36)29(43(39,40)17-27(35)41-3)31(38)42-26-9-6-14-33-25-13-10-20(32)16-24(25)26/h4-5,7-8,10-13,15-16,26,29,33H,6,9,14,17H2,1-3H3,(H,34,37). The first-order chi connectivity index (χ1) is 20.4. The van der Waals surface area contributed by atoms with Crippen LogP contribution in [0.2, 0.25) is 5.02 Å². The van der Waals surface area contributed by atoms with Gasteiger partial charge in [-0.3, -0.25) is 19.2 Å². The minimum atomic E-state index is -4.72. The van der Waals surface area contributed by atoms with E-state index in [4.69, 9.17) is 16.3 Å². The molecule has 0 saturated carbocycles. The molecule has 4 rings (SSSR count). The molecule has 3 aromatic carbocycles. The summed E-state index contributed by atoms with van der Waals surface area (Å²) in [5, 5.41) is 4.02. The fraction of sp³-hybridized carbons (Fsp3) is 0.290. The summed E-state index contributed by atoms with van der Waals surface area (Å²) in [6, 6.07) is 16.3. The van der Waals surface area contributed by atoms with Gasteiger partial charge in [-0.2, -0.15) is 0 Å². The van der Waals surface area contributed by atoms with E-state index >= 15 is 0 Å². The summed E-state index contributed by atoms with van der Waals surface area (Å²) in [7, 11) is -3.72. The molecule has 10 nitrogen and oxygen atoms in total. The molecule has 0 spiro atoms. The van der Waals surface area contributed by atoms with Gasteiger partial charge in [0, 0.05) is 39.6 Å². The van der Waals surface area contributed by atoms with E-state index in [2.05, 4.69) is 15.4 Å². The van der Waals surface area contributed by atoms with Gasteiger partial charge in [0.1, 0.15) is 11.9 Å². The normalized spacial score (nSPS) is 15.2. The average Bonchev–Trinajstić information content (AvgIpc) is 3.14. The number of benzene rings is 3. The third-order valence-electron chi connectivity index (χ3n) is 7.07. The number of rotatable bonds is 9. The number of hydrogen-bond donors (Lipinski definition) is 2. The third-order valence-corrected chi connectivity index (χ3v) is 9.07. The Labute approximate surface area is 254 Å². The quantitative estimate of drug-likeness (QED) is 0.194. The highest BCUT2D eigenvalue weighted by Gasteiger charge is 2.44. The van der Waals surface area contributed by atoms with Crippen molar-refractivity contribution in [1.29, 1.82) is 0 Å². The zero-order valence-corrected chi connectivity index (χ0v) is 25.4. The van der Waals surface area contributed by atoms with Crippen molar-refractivity contribution < 1.29 is 37.1 Å². The number of ether oxygens (including phenoxy) is 2. The Morgan fingerprint density at radius 3 is 2.44 bits per heavy atom. The molecule has 0 aliphatic carbocycles. The number of carbonyl (C=O) groups excluding carboxylic acids is 4. The second kappa shape index (κ2) is 13.4.